The first-order valence-corrected chi connectivity index (χ1v) is 9.28. The van der Waals surface area contributed by atoms with E-state index in [4.69, 9.17) is 9.47 Å². The molecule has 2 aromatic carbocycles. The number of amides is 1. The topological polar surface area (TPSA) is 85.4 Å². The van der Waals surface area contributed by atoms with Crippen LogP contribution < -0.4 is 20.1 Å². The number of nitrogens with zero attached hydrogens (tertiary/aromatic N) is 2. The van der Waals surface area contributed by atoms with Crippen LogP contribution in [0.4, 0.5) is 5.82 Å². The molecule has 0 aliphatic heterocycles. The van der Waals surface area contributed by atoms with Gasteiger partial charge >= 0.3 is 0 Å². The zero-order valence-corrected chi connectivity index (χ0v) is 16.5. The Morgan fingerprint density at radius 1 is 0.931 bits per heavy atom. The Morgan fingerprint density at radius 2 is 1.72 bits per heavy atom. The van der Waals surface area contributed by atoms with Gasteiger partial charge in [0, 0.05) is 13.1 Å². The number of nitrogens with one attached hydrogen (secondary N) is 2. The van der Waals surface area contributed by atoms with E-state index in [1.165, 1.54) is 6.20 Å². The maximum absolute atomic E-state index is 12.3. The van der Waals surface area contributed by atoms with Crippen LogP contribution in [0.15, 0.2) is 60.9 Å². The fourth-order valence-corrected chi connectivity index (χ4v) is 2.77. The van der Waals surface area contributed by atoms with E-state index >= 15 is 0 Å². The van der Waals surface area contributed by atoms with E-state index in [1.807, 2.05) is 48.5 Å². The number of hydrogen-bond donors (Lipinski definition) is 2. The molecule has 1 amide bonds. The summed E-state index contributed by atoms with van der Waals surface area (Å²) in [5.74, 6) is 1.71. The molecule has 0 fully saturated rings. The van der Waals surface area contributed by atoms with Gasteiger partial charge in [-0.25, -0.2) is 9.97 Å². The summed E-state index contributed by atoms with van der Waals surface area (Å²) in [7, 11) is 3.20. The molecule has 0 atom stereocenters. The minimum Gasteiger partial charge on any atom is -0.493 e. The fraction of sp³-hybridized carbons (Fsp3) is 0.227. The van der Waals surface area contributed by atoms with Crippen molar-refractivity contribution in [3.05, 3.63) is 77.7 Å². The number of carbonyl (C=O) groups is 1. The smallest absolute Gasteiger partial charge is 0.271 e. The van der Waals surface area contributed by atoms with Crippen molar-refractivity contribution >= 4 is 11.7 Å². The van der Waals surface area contributed by atoms with Gasteiger partial charge in [-0.15, -0.1) is 0 Å². The zero-order chi connectivity index (χ0) is 20.5. The van der Waals surface area contributed by atoms with Crippen LogP contribution in [-0.2, 0) is 13.0 Å². The summed E-state index contributed by atoms with van der Waals surface area (Å²) < 4.78 is 10.5. The Kier molecular flexibility index (Phi) is 7.00. The van der Waals surface area contributed by atoms with Gasteiger partial charge in [0.05, 0.1) is 26.6 Å². The Morgan fingerprint density at radius 3 is 2.41 bits per heavy atom. The summed E-state index contributed by atoms with van der Waals surface area (Å²) >= 11 is 0. The van der Waals surface area contributed by atoms with Gasteiger partial charge in [-0.3, -0.25) is 4.79 Å². The molecule has 0 radical (unpaired) electrons. The maximum atomic E-state index is 12.3. The van der Waals surface area contributed by atoms with Crippen molar-refractivity contribution in [2.45, 2.75) is 13.0 Å². The van der Waals surface area contributed by atoms with Crippen LogP contribution in [0.2, 0.25) is 0 Å². The first kappa shape index (κ1) is 20.1. The average Bonchev–Trinajstić information content (AvgIpc) is 2.78. The molecule has 0 bridgehead atoms. The summed E-state index contributed by atoms with van der Waals surface area (Å²) in [6, 6.07) is 15.7. The highest BCUT2D eigenvalue weighted by Crippen LogP contribution is 2.27. The van der Waals surface area contributed by atoms with Crippen LogP contribution in [0, 0.1) is 0 Å². The molecular weight excluding hydrogens is 368 g/mol. The van der Waals surface area contributed by atoms with Crippen molar-refractivity contribution in [3.8, 4) is 11.5 Å². The van der Waals surface area contributed by atoms with E-state index in [9.17, 15) is 4.79 Å². The molecule has 7 nitrogen and oxygen atoms in total. The van der Waals surface area contributed by atoms with Crippen molar-refractivity contribution in [3.63, 3.8) is 0 Å². The number of hydrogen-bond acceptors (Lipinski definition) is 6. The Hall–Kier alpha value is -3.61. The monoisotopic (exact) mass is 392 g/mol. The molecule has 0 saturated heterocycles. The molecule has 0 saturated carbocycles. The first-order valence-electron chi connectivity index (χ1n) is 9.28. The van der Waals surface area contributed by atoms with Crippen molar-refractivity contribution < 1.29 is 14.3 Å². The van der Waals surface area contributed by atoms with E-state index in [0.29, 0.717) is 36.8 Å². The van der Waals surface area contributed by atoms with Crippen LogP contribution >= 0.6 is 0 Å². The second kappa shape index (κ2) is 10.1. The minimum absolute atomic E-state index is 0.257. The van der Waals surface area contributed by atoms with Gasteiger partial charge in [-0.1, -0.05) is 36.4 Å². The molecule has 0 aliphatic rings. The van der Waals surface area contributed by atoms with Gasteiger partial charge in [-0.2, -0.15) is 0 Å². The predicted molar refractivity (Wildman–Crippen MR) is 111 cm³/mol. The molecule has 0 spiro atoms. The number of rotatable bonds is 9. The molecule has 7 heteroatoms. The Balaban J connectivity index is 1.48. The molecule has 3 aromatic rings. The molecule has 29 heavy (non-hydrogen) atoms. The van der Waals surface area contributed by atoms with Crippen molar-refractivity contribution in [1.82, 2.24) is 15.3 Å². The standard InChI is InChI=1S/C22H24N4O3/c1-28-19-9-8-16(12-20(19)29-2)10-11-23-22(27)18-14-26-21(15-24-18)25-13-17-6-4-3-5-7-17/h3-9,12,14-15H,10-11,13H2,1-2H3,(H,23,27)(H,25,26). The number of ether oxygens (including phenoxy) is 2. The quantitative estimate of drug-likeness (QED) is 0.582. The highest BCUT2D eigenvalue weighted by molar-refractivity contribution is 5.92. The number of methoxy groups -OCH3 is 2. The van der Waals surface area contributed by atoms with Crippen LogP contribution in [0.1, 0.15) is 21.6 Å². The average molecular weight is 392 g/mol. The predicted octanol–water partition coefficient (Wildman–Crippen LogP) is 3.08. The molecule has 2 N–H and O–H groups in total. The zero-order valence-electron chi connectivity index (χ0n) is 16.5. The highest BCUT2D eigenvalue weighted by Gasteiger charge is 2.09. The largest absolute Gasteiger partial charge is 0.493 e. The van der Waals surface area contributed by atoms with Gasteiger partial charge in [0.2, 0.25) is 0 Å². The molecule has 0 unspecified atom stereocenters. The highest BCUT2D eigenvalue weighted by atomic mass is 16.5. The molecule has 1 aromatic heterocycles. The van der Waals surface area contributed by atoms with Crippen molar-refractivity contribution in [2.75, 3.05) is 26.1 Å². The van der Waals surface area contributed by atoms with E-state index in [0.717, 1.165) is 11.1 Å². The van der Waals surface area contributed by atoms with E-state index in [2.05, 4.69) is 20.6 Å². The summed E-state index contributed by atoms with van der Waals surface area (Å²) in [5, 5.41) is 6.04. The lowest BCUT2D eigenvalue weighted by molar-refractivity contribution is 0.0949. The van der Waals surface area contributed by atoms with Crippen LogP contribution in [0.25, 0.3) is 0 Å². The summed E-state index contributed by atoms with van der Waals surface area (Å²) in [6.45, 7) is 1.12. The first-order chi connectivity index (χ1) is 14.2. The molecular formula is C22H24N4O3. The van der Waals surface area contributed by atoms with Crippen molar-refractivity contribution in [2.24, 2.45) is 0 Å². The Bertz CT molecular complexity index is 931. The van der Waals surface area contributed by atoms with E-state index in [1.54, 1.807) is 20.4 Å². The normalized spacial score (nSPS) is 10.3. The van der Waals surface area contributed by atoms with Crippen LogP contribution in [-0.4, -0.2) is 36.6 Å². The van der Waals surface area contributed by atoms with Gasteiger partial charge < -0.3 is 20.1 Å². The molecule has 1 heterocycles. The van der Waals surface area contributed by atoms with Crippen LogP contribution in [0.5, 0.6) is 11.5 Å². The van der Waals surface area contributed by atoms with Gasteiger partial charge in [0.25, 0.3) is 5.91 Å². The minimum atomic E-state index is -0.257. The third-order valence-corrected chi connectivity index (χ3v) is 4.35. The van der Waals surface area contributed by atoms with Gasteiger partial charge in [0.1, 0.15) is 11.5 Å². The third-order valence-electron chi connectivity index (χ3n) is 4.35. The molecule has 3 rings (SSSR count). The van der Waals surface area contributed by atoms with Crippen LogP contribution in [0.3, 0.4) is 0 Å². The summed E-state index contributed by atoms with van der Waals surface area (Å²) in [5.41, 5.74) is 2.46. The lowest BCUT2D eigenvalue weighted by Crippen LogP contribution is -2.26. The van der Waals surface area contributed by atoms with E-state index < -0.39 is 0 Å². The van der Waals surface area contributed by atoms with Crippen molar-refractivity contribution in [1.29, 1.82) is 0 Å². The number of anilines is 1. The fourth-order valence-electron chi connectivity index (χ4n) is 2.77. The molecule has 150 valence electrons. The lowest BCUT2D eigenvalue weighted by atomic mass is 10.1. The second-order valence-electron chi connectivity index (χ2n) is 6.32. The second-order valence-corrected chi connectivity index (χ2v) is 6.32. The lowest BCUT2D eigenvalue weighted by Gasteiger charge is -2.10. The molecule has 0 aliphatic carbocycles. The van der Waals surface area contributed by atoms with Gasteiger partial charge in [0.15, 0.2) is 11.5 Å². The number of carbonyl (C=O) groups excluding carboxylic acids is 1. The summed E-state index contributed by atoms with van der Waals surface area (Å²) in [6.07, 6.45) is 3.70. The Labute approximate surface area is 170 Å². The summed E-state index contributed by atoms with van der Waals surface area (Å²) in [4.78, 5) is 20.7. The maximum Gasteiger partial charge on any atom is 0.271 e. The number of benzene rings is 2. The van der Waals surface area contributed by atoms with Gasteiger partial charge in [-0.05, 0) is 29.7 Å². The number of aromatic nitrogens is 2. The third kappa shape index (κ3) is 5.68. The van der Waals surface area contributed by atoms with E-state index in [-0.39, 0.29) is 11.6 Å². The SMILES string of the molecule is COc1ccc(CCNC(=O)c2cnc(NCc3ccccc3)cn2)cc1OC.